The number of rotatable bonds is 10. The molecule has 0 radical (unpaired) electrons. The van der Waals surface area contributed by atoms with E-state index in [2.05, 4.69) is 12.2 Å². The fourth-order valence-electron chi connectivity index (χ4n) is 3.40. The van der Waals surface area contributed by atoms with E-state index in [-0.39, 0.29) is 30.6 Å². The fraction of sp³-hybridized carbons (Fsp3) is 0.440. The molecule has 0 unspecified atom stereocenters. The van der Waals surface area contributed by atoms with Gasteiger partial charge in [0.25, 0.3) is 0 Å². The molecule has 0 saturated carbocycles. The predicted octanol–water partition coefficient (Wildman–Crippen LogP) is 4.71. The molecule has 4 nitrogen and oxygen atoms in total. The van der Waals surface area contributed by atoms with Crippen molar-refractivity contribution in [2.75, 3.05) is 6.54 Å². The predicted molar refractivity (Wildman–Crippen MR) is 119 cm³/mol. The van der Waals surface area contributed by atoms with Crippen LogP contribution in [0, 0.1) is 19.7 Å². The van der Waals surface area contributed by atoms with Crippen molar-refractivity contribution in [3.63, 3.8) is 0 Å². The van der Waals surface area contributed by atoms with Crippen molar-refractivity contribution in [3.05, 3.63) is 70.5 Å². The first-order chi connectivity index (χ1) is 14.3. The van der Waals surface area contributed by atoms with Gasteiger partial charge in [-0.25, -0.2) is 4.39 Å². The quantitative estimate of drug-likeness (QED) is 0.575. The molecule has 0 fully saturated rings. The van der Waals surface area contributed by atoms with Crippen molar-refractivity contribution in [1.82, 2.24) is 10.2 Å². The van der Waals surface area contributed by atoms with Crippen molar-refractivity contribution in [1.29, 1.82) is 0 Å². The van der Waals surface area contributed by atoms with Gasteiger partial charge in [-0.3, -0.25) is 9.59 Å². The van der Waals surface area contributed by atoms with Crippen molar-refractivity contribution >= 4 is 11.8 Å². The van der Waals surface area contributed by atoms with Gasteiger partial charge >= 0.3 is 0 Å². The van der Waals surface area contributed by atoms with Gasteiger partial charge in [0.2, 0.25) is 11.8 Å². The number of benzene rings is 2. The van der Waals surface area contributed by atoms with E-state index in [1.54, 1.807) is 17.0 Å². The molecule has 2 amide bonds. The Balaban J connectivity index is 2.25. The third-order valence-electron chi connectivity index (χ3n) is 5.41. The third-order valence-corrected chi connectivity index (χ3v) is 5.41. The highest BCUT2D eigenvalue weighted by molar-refractivity contribution is 5.88. The summed E-state index contributed by atoms with van der Waals surface area (Å²) in [6.07, 6.45) is 2.62. The van der Waals surface area contributed by atoms with Crippen LogP contribution in [-0.4, -0.2) is 29.3 Å². The topological polar surface area (TPSA) is 49.4 Å². The van der Waals surface area contributed by atoms with Crippen LogP contribution in [0.4, 0.5) is 4.39 Å². The van der Waals surface area contributed by atoms with Crippen LogP contribution in [0.1, 0.15) is 55.4 Å². The van der Waals surface area contributed by atoms with Crippen LogP contribution in [0.2, 0.25) is 0 Å². The number of carbonyl (C=O) groups excluding carboxylic acids is 2. The number of aryl methyl sites for hydroxylation is 2. The standard InChI is InChI=1S/C25H33FN2O2/c1-5-7-14-27-25(30)23(6-2)28(17-20-10-12-22(26)13-11-20)24(29)16-21-9-8-18(3)19(4)15-21/h8-13,15,23H,5-7,14,16-17H2,1-4H3,(H,27,30)/t23-/m0/s1. The van der Waals surface area contributed by atoms with Gasteiger partial charge in [-0.2, -0.15) is 0 Å². The molecular weight excluding hydrogens is 379 g/mol. The van der Waals surface area contributed by atoms with Crippen molar-refractivity contribution in [3.8, 4) is 0 Å². The monoisotopic (exact) mass is 412 g/mol. The van der Waals surface area contributed by atoms with Crippen molar-refractivity contribution in [2.24, 2.45) is 0 Å². The molecule has 0 saturated heterocycles. The van der Waals surface area contributed by atoms with E-state index < -0.39 is 6.04 Å². The lowest BCUT2D eigenvalue weighted by molar-refractivity contribution is -0.140. The fourth-order valence-corrected chi connectivity index (χ4v) is 3.40. The largest absolute Gasteiger partial charge is 0.354 e. The summed E-state index contributed by atoms with van der Waals surface area (Å²) in [6.45, 7) is 8.90. The number of halogens is 1. The van der Waals surface area contributed by atoms with E-state index in [0.29, 0.717) is 13.0 Å². The SMILES string of the molecule is CCCCNC(=O)[C@H](CC)N(Cc1ccc(F)cc1)C(=O)Cc1ccc(C)c(C)c1. The second-order valence-electron chi connectivity index (χ2n) is 7.81. The van der Waals surface area contributed by atoms with Crippen LogP contribution in [0.15, 0.2) is 42.5 Å². The van der Waals surface area contributed by atoms with Crippen LogP contribution in [0.25, 0.3) is 0 Å². The van der Waals surface area contributed by atoms with Crippen LogP contribution in [0.3, 0.4) is 0 Å². The molecule has 1 N–H and O–H groups in total. The lowest BCUT2D eigenvalue weighted by Gasteiger charge is -2.31. The molecule has 2 aromatic rings. The molecule has 0 aromatic heterocycles. The molecule has 2 rings (SSSR count). The maximum Gasteiger partial charge on any atom is 0.242 e. The van der Waals surface area contributed by atoms with E-state index >= 15 is 0 Å². The number of carbonyl (C=O) groups is 2. The Hall–Kier alpha value is -2.69. The molecule has 162 valence electrons. The second kappa shape index (κ2) is 11.5. The van der Waals surface area contributed by atoms with Gasteiger partial charge in [-0.1, -0.05) is 50.6 Å². The molecule has 0 aliphatic rings. The first-order valence-electron chi connectivity index (χ1n) is 10.7. The lowest BCUT2D eigenvalue weighted by atomic mass is 10.0. The van der Waals surface area contributed by atoms with Crippen molar-refractivity contribution < 1.29 is 14.0 Å². The average Bonchev–Trinajstić information content (AvgIpc) is 2.72. The Morgan fingerprint density at radius 1 is 1.00 bits per heavy atom. The molecule has 5 heteroatoms. The van der Waals surface area contributed by atoms with Gasteiger partial charge < -0.3 is 10.2 Å². The number of nitrogens with one attached hydrogen (secondary N) is 1. The molecule has 1 atom stereocenters. The molecule has 30 heavy (non-hydrogen) atoms. The Kier molecular flexibility index (Phi) is 9.03. The van der Waals surface area contributed by atoms with Crippen LogP contribution < -0.4 is 5.32 Å². The van der Waals surface area contributed by atoms with Gasteiger partial charge in [-0.05, 0) is 61.1 Å². The molecule has 0 bridgehead atoms. The molecule has 0 aliphatic heterocycles. The summed E-state index contributed by atoms with van der Waals surface area (Å²) in [5.41, 5.74) is 4.03. The van der Waals surface area contributed by atoms with E-state index in [9.17, 15) is 14.0 Å². The maximum absolute atomic E-state index is 13.3. The zero-order valence-electron chi connectivity index (χ0n) is 18.5. The summed E-state index contributed by atoms with van der Waals surface area (Å²) in [7, 11) is 0. The molecule has 2 aromatic carbocycles. The van der Waals surface area contributed by atoms with Gasteiger partial charge in [-0.15, -0.1) is 0 Å². The Labute approximate surface area is 179 Å². The molecule has 0 heterocycles. The van der Waals surface area contributed by atoms with Crippen LogP contribution >= 0.6 is 0 Å². The Morgan fingerprint density at radius 3 is 2.27 bits per heavy atom. The van der Waals surface area contributed by atoms with Gasteiger partial charge in [0.1, 0.15) is 11.9 Å². The summed E-state index contributed by atoms with van der Waals surface area (Å²) in [5.74, 6) is -0.572. The number of hydrogen-bond acceptors (Lipinski definition) is 2. The third kappa shape index (κ3) is 6.68. The van der Waals surface area contributed by atoms with E-state index in [1.165, 1.54) is 17.7 Å². The first kappa shape index (κ1) is 23.6. The summed E-state index contributed by atoms with van der Waals surface area (Å²) in [6, 6.07) is 11.5. The minimum atomic E-state index is -0.564. The first-order valence-corrected chi connectivity index (χ1v) is 10.7. The Bertz CT molecular complexity index is 849. The van der Waals surface area contributed by atoms with Crippen LogP contribution in [0.5, 0.6) is 0 Å². The minimum Gasteiger partial charge on any atom is -0.354 e. The number of amides is 2. The van der Waals surface area contributed by atoms with Crippen LogP contribution in [-0.2, 0) is 22.6 Å². The number of nitrogens with zero attached hydrogens (tertiary/aromatic N) is 1. The summed E-state index contributed by atoms with van der Waals surface area (Å²) in [4.78, 5) is 27.7. The number of unbranched alkanes of at least 4 members (excludes halogenated alkanes) is 1. The van der Waals surface area contributed by atoms with Gasteiger partial charge in [0.05, 0.1) is 6.42 Å². The highest BCUT2D eigenvalue weighted by Crippen LogP contribution is 2.17. The lowest BCUT2D eigenvalue weighted by Crippen LogP contribution is -2.49. The Morgan fingerprint density at radius 2 is 1.67 bits per heavy atom. The maximum atomic E-state index is 13.3. The minimum absolute atomic E-state index is 0.111. The molecule has 0 spiro atoms. The van der Waals surface area contributed by atoms with E-state index in [0.717, 1.165) is 29.5 Å². The second-order valence-corrected chi connectivity index (χ2v) is 7.81. The highest BCUT2D eigenvalue weighted by Gasteiger charge is 2.28. The number of hydrogen-bond donors (Lipinski definition) is 1. The molecule has 0 aliphatic carbocycles. The van der Waals surface area contributed by atoms with E-state index in [1.807, 2.05) is 39.0 Å². The normalized spacial score (nSPS) is 11.8. The van der Waals surface area contributed by atoms with Gasteiger partial charge in [0.15, 0.2) is 0 Å². The highest BCUT2D eigenvalue weighted by atomic mass is 19.1. The summed E-state index contributed by atoms with van der Waals surface area (Å²) >= 11 is 0. The molecular formula is C25H33FN2O2. The summed E-state index contributed by atoms with van der Waals surface area (Å²) < 4.78 is 13.3. The van der Waals surface area contributed by atoms with Crippen molar-refractivity contribution in [2.45, 2.75) is 66.0 Å². The van der Waals surface area contributed by atoms with Gasteiger partial charge in [0, 0.05) is 13.1 Å². The smallest absolute Gasteiger partial charge is 0.242 e. The zero-order valence-corrected chi connectivity index (χ0v) is 18.5. The van der Waals surface area contributed by atoms with E-state index in [4.69, 9.17) is 0 Å². The summed E-state index contributed by atoms with van der Waals surface area (Å²) in [5, 5.41) is 2.95. The average molecular weight is 413 g/mol. The zero-order chi connectivity index (χ0) is 22.1.